The molecule has 0 amide bonds. The maximum absolute atomic E-state index is 12.8. The molecule has 0 aromatic heterocycles. The average molecular weight is 321 g/mol. The summed E-state index contributed by atoms with van der Waals surface area (Å²) in [5.41, 5.74) is 5.14. The lowest BCUT2D eigenvalue weighted by Crippen LogP contribution is -2.56. The van der Waals surface area contributed by atoms with Crippen LogP contribution in [0.4, 0.5) is 18.9 Å². The fourth-order valence-corrected chi connectivity index (χ4v) is 3.10. The zero-order valence-electron chi connectivity index (χ0n) is 12.1. The van der Waals surface area contributed by atoms with Crippen LogP contribution < -0.4 is 11.1 Å². The third-order valence-corrected chi connectivity index (χ3v) is 4.49. The summed E-state index contributed by atoms with van der Waals surface area (Å²) in [4.78, 5) is 0. The van der Waals surface area contributed by atoms with Crippen molar-refractivity contribution in [3.63, 3.8) is 0 Å². The SMILES string of the molecule is CC(C)C1CC(CN)(Nc2cc(Cl)cc(C(F)(F)F)c2)C1. The molecule has 0 radical (unpaired) electrons. The molecule has 0 atom stereocenters. The zero-order valence-corrected chi connectivity index (χ0v) is 12.9. The highest BCUT2D eigenvalue weighted by Gasteiger charge is 2.44. The lowest BCUT2D eigenvalue weighted by Gasteiger charge is -2.50. The molecular formula is C15H20ClF3N2. The second-order valence-electron chi connectivity index (χ2n) is 6.25. The van der Waals surface area contributed by atoms with E-state index < -0.39 is 11.7 Å². The smallest absolute Gasteiger partial charge is 0.378 e. The van der Waals surface area contributed by atoms with Gasteiger partial charge in [-0.25, -0.2) is 0 Å². The molecule has 1 aliphatic carbocycles. The second-order valence-corrected chi connectivity index (χ2v) is 6.68. The van der Waals surface area contributed by atoms with E-state index in [-0.39, 0.29) is 10.6 Å². The van der Waals surface area contributed by atoms with Crippen molar-refractivity contribution in [2.45, 2.75) is 38.4 Å². The standard InChI is InChI=1S/C15H20ClF3N2/c1-9(2)10-6-14(7-10,8-20)21-13-4-11(15(17,18)19)3-12(16)5-13/h3-5,9-10,21H,6-8,20H2,1-2H3. The van der Waals surface area contributed by atoms with Crippen molar-refractivity contribution in [2.75, 3.05) is 11.9 Å². The molecule has 0 saturated heterocycles. The number of rotatable bonds is 4. The van der Waals surface area contributed by atoms with Crippen LogP contribution in [0.1, 0.15) is 32.3 Å². The molecule has 1 aromatic rings. The molecule has 2 rings (SSSR count). The van der Waals surface area contributed by atoms with Gasteiger partial charge in [-0.15, -0.1) is 0 Å². The lowest BCUT2D eigenvalue weighted by atomic mass is 9.64. The number of halogens is 4. The van der Waals surface area contributed by atoms with Gasteiger partial charge in [0, 0.05) is 17.3 Å². The minimum Gasteiger partial charge on any atom is -0.378 e. The Balaban J connectivity index is 2.18. The van der Waals surface area contributed by atoms with E-state index in [9.17, 15) is 13.2 Å². The summed E-state index contributed by atoms with van der Waals surface area (Å²) in [6, 6.07) is 3.53. The Morgan fingerprint density at radius 1 is 1.33 bits per heavy atom. The van der Waals surface area contributed by atoms with Gasteiger partial charge < -0.3 is 11.1 Å². The first-order valence-corrected chi connectivity index (χ1v) is 7.39. The molecule has 0 aliphatic heterocycles. The second kappa shape index (κ2) is 5.69. The summed E-state index contributed by atoms with van der Waals surface area (Å²) in [7, 11) is 0. The zero-order chi connectivity index (χ0) is 15.8. The quantitative estimate of drug-likeness (QED) is 0.855. The van der Waals surface area contributed by atoms with Crippen LogP contribution in [0.15, 0.2) is 18.2 Å². The normalized spacial score (nSPS) is 25.8. The fourth-order valence-electron chi connectivity index (χ4n) is 2.87. The van der Waals surface area contributed by atoms with Gasteiger partial charge in [-0.2, -0.15) is 13.2 Å². The number of nitrogens with one attached hydrogen (secondary N) is 1. The van der Waals surface area contributed by atoms with E-state index >= 15 is 0 Å². The molecule has 1 aromatic carbocycles. The third kappa shape index (κ3) is 3.64. The highest BCUT2D eigenvalue weighted by Crippen LogP contribution is 2.44. The van der Waals surface area contributed by atoms with Gasteiger partial charge in [-0.05, 0) is 42.9 Å². The van der Waals surface area contributed by atoms with Gasteiger partial charge in [0.25, 0.3) is 0 Å². The molecule has 0 bridgehead atoms. The molecular weight excluding hydrogens is 301 g/mol. The molecule has 2 nitrogen and oxygen atoms in total. The van der Waals surface area contributed by atoms with Crippen LogP contribution in [-0.2, 0) is 6.18 Å². The number of alkyl halides is 3. The topological polar surface area (TPSA) is 38.0 Å². The number of nitrogens with two attached hydrogens (primary N) is 1. The number of hydrogen-bond donors (Lipinski definition) is 2. The molecule has 1 aliphatic rings. The molecule has 21 heavy (non-hydrogen) atoms. The van der Waals surface area contributed by atoms with Gasteiger partial charge in [0.05, 0.1) is 11.1 Å². The Hall–Kier alpha value is -0.940. The summed E-state index contributed by atoms with van der Waals surface area (Å²) < 4.78 is 38.4. The lowest BCUT2D eigenvalue weighted by molar-refractivity contribution is -0.137. The minimum absolute atomic E-state index is 0.0687. The Morgan fingerprint density at radius 2 is 1.95 bits per heavy atom. The van der Waals surface area contributed by atoms with E-state index in [0.29, 0.717) is 24.1 Å². The van der Waals surface area contributed by atoms with Crippen LogP contribution in [0, 0.1) is 11.8 Å². The summed E-state index contributed by atoms with van der Waals surface area (Å²) in [5, 5.41) is 3.24. The van der Waals surface area contributed by atoms with Crippen molar-refractivity contribution in [3.05, 3.63) is 28.8 Å². The van der Waals surface area contributed by atoms with Crippen molar-refractivity contribution >= 4 is 17.3 Å². The number of benzene rings is 1. The minimum atomic E-state index is -4.41. The largest absolute Gasteiger partial charge is 0.416 e. The molecule has 1 saturated carbocycles. The van der Waals surface area contributed by atoms with Gasteiger partial charge in [0.2, 0.25) is 0 Å². The first-order chi connectivity index (χ1) is 9.65. The van der Waals surface area contributed by atoms with Crippen LogP contribution in [0.5, 0.6) is 0 Å². The van der Waals surface area contributed by atoms with E-state index in [2.05, 4.69) is 19.2 Å². The highest BCUT2D eigenvalue weighted by atomic mass is 35.5. The van der Waals surface area contributed by atoms with Crippen LogP contribution >= 0.6 is 11.6 Å². The molecule has 118 valence electrons. The maximum atomic E-state index is 12.8. The van der Waals surface area contributed by atoms with Crippen molar-refractivity contribution in [3.8, 4) is 0 Å². The van der Waals surface area contributed by atoms with Gasteiger partial charge in [0.1, 0.15) is 0 Å². The predicted octanol–water partition coefficient (Wildman–Crippen LogP) is 4.53. The molecule has 0 heterocycles. The summed E-state index contributed by atoms with van der Waals surface area (Å²) in [6.07, 6.45) is -2.67. The Kier molecular flexibility index (Phi) is 4.45. The molecule has 6 heteroatoms. The van der Waals surface area contributed by atoms with E-state index in [1.165, 1.54) is 6.07 Å². The monoisotopic (exact) mass is 320 g/mol. The summed E-state index contributed by atoms with van der Waals surface area (Å²) in [5.74, 6) is 1.11. The highest BCUT2D eigenvalue weighted by molar-refractivity contribution is 6.30. The van der Waals surface area contributed by atoms with Gasteiger partial charge >= 0.3 is 6.18 Å². The van der Waals surface area contributed by atoms with Crippen LogP contribution in [0.25, 0.3) is 0 Å². The van der Waals surface area contributed by atoms with E-state index in [4.69, 9.17) is 17.3 Å². The van der Waals surface area contributed by atoms with Crippen molar-refractivity contribution in [2.24, 2.45) is 17.6 Å². The van der Waals surface area contributed by atoms with E-state index in [1.54, 1.807) is 0 Å². The fraction of sp³-hybridized carbons (Fsp3) is 0.600. The first-order valence-electron chi connectivity index (χ1n) is 7.01. The van der Waals surface area contributed by atoms with Crippen molar-refractivity contribution < 1.29 is 13.2 Å². The van der Waals surface area contributed by atoms with E-state index in [1.807, 2.05) is 0 Å². The summed E-state index contributed by atoms with van der Waals surface area (Å²) in [6.45, 7) is 4.68. The van der Waals surface area contributed by atoms with Crippen LogP contribution in [0.3, 0.4) is 0 Å². The van der Waals surface area contributed by atoms with Crippen molar-refractivity contribution in [1.82, 2.24) is 0 Å². The number of anilines is 1. The van der Waals surface area contributed by atoms with Crippen molar-refractivity contribution in [1.29, 1.82) is 0 Å². The molecule has 3 N–H and O–H groups in total. The van der Waals surface area contributed by atoms with E-state index in [0.717, 1.165) is 25.0 Å². The molecule has 1 fully saturated rings. The Morgan fingerprint density at radius 3 is 2.43 bits per heavy atom. The predicted molar refractivity (Wildman–Crippen MR) is 79.4 cm³/mol. The maximum Gasteiger partial charge on any atom is 0.416 e. The third-order valence-electron chi connectivity index (χ3n) is 4.27. The van der Waals surface area contributed by atoms with Gasteiger partial charge in [-0.3, -0.25) is 0 Å². The molecule has 0 spiro atoms. The molecule has 0 unspecified atom stereocenters. The Labute approximate surface area is 127 Å². The van der Waals surface area contributed by atoms with Gasteiger partial charge in [-0.1, -0.05) is 25.4 Å². The van der Waals surface area contributed by atoms with Gasteiger partial charge in [0.15, 0.2) is 0 Å². The average Bonchev–Trinajstić information content (AvgIpc) is 2.31. The Bertz CT molecular complexity index is 508. The summed E-state index contributed by atoms with van der Waals surface area (Å²) >= 11 is 5.80. The van der Waals surface area contributed by atoms with Crippen LogP contribution in [0.2, 0.25) is 5.02 Å². The van der Waals surface area contributed by atoms with Crippen LogP contribution in [-0.4, -0.2) is 12.1 Å². The first kappa shape index (κ1) is 16.4. The number of hydrogen-bond acceptors (Lipinski definition) is 2.